The maximum atomic E-state index is 12.6. The van der Waals surface area contributed by atoms with E-state index in [4.69, 9.17) is 4.42 Å². The second-order valence-corrected chi connectivity index (χ2v) is 7.21. The summed E-state index contributed by atoms with van der Waals surface area (Å²) >= 11 is 0. The third kappa shape index (κ3) is 3.08. The first-order valence-electron chi connectivity index (χ1n) is 9.09. The molecule has 3 heterocycles. The third-order valence-electron chi connectivity index (χ3n) is 4.86. The predicted molar refractivity (Wildman–Crippen MR) is 109 cm³/mol. The quantitative estimate of drug-likeness (QED) is 0.425. The number of H-pyrrole nitrogens is 3. The van der Waals surface area contributed by atoms with Gasteiger partial charge in [0.15, 0.2) is 0 Å². The number of benzene rings is 1. The van der Waals surface area contributed by atoms with Gasteiger partial charge in [-0.15, -0.1) is 0 Å². The second kappa shape index (κ2) is 6.66. The van der Waals surface area contributed by atoms with Crippen molar-refractivity contribution in [2.45, 2.75) is 26.7 Å². The van der Waals surface area contributed by atoms with E-state index in [2.05, 4.69) is 28.8 Å². The van der Waals surface area contributed by atoms with Crippen molar-refractivity contribution >= 4 is 11.0 Å². The van der Waals surface area contributed by atoms with Gasteiger partial charge in [-0.05, 0) is 24.0 Å². The van der Waals surface area contributed by atoms with Gasteiger partial charge < -0.3 is 14.5 Å². The van der Waals surface area contributed by atoms with Gasteiger partial charge in [0, 0.05) is 11.6 Å². The summed E-state index contributed by atoms with van der Waals surface area (Å²) in [6.07, 6.45) is 0. The number of aromatic nitrogens is 3. The molecule has 4 rings (SSSR count). The lowest BCUT2D eigenvalue weighted by atomic mass is 9.97. The van der Waals surface area contributed by atoms with Crippen molar-refractivity contribution in [2.75, 3.05) is 0 Å². The first kappa shape index (κ1) is 18.5. The molecule has 1 aromatic carbocycles. The molecule has 0 amide bonds. The van der Waals surface area contributed by atoms with Crippen molar-refractivity contribution in [3.8, 4) is 28.1 Å². The van der Waals surface area contributed by atoms with E-state index in [-0.39, 0.29) is 33.7 Å². The normalized spacial score (nSPS) is 11.4. The topological polar surface area (TPSA) is 132 Å². The lowest BCUT2D eigenvalue weighted by molar-refractivity contribution is 0.438. The summed E-state index contributed by atoms with van der Waals surface area (Å²) in [4.78, 5) is 44.6. The lowest BCUT2D eigenvalue weighted by Gasteiger charge is -2.09. The molecule has 29 heavy (non-hydrogen) atoms. The summed E-state index contributed by atoms with van der Waals surface area (Å²) in [6.45, 7) is 5.68. The maximum absolute atomic E-state index is 12.6. The number of hydrogen-bond donors (Lipinski definition) is 4. The highest BCUT2D eigenvalue weighted by molar-refractivity contribution is 6.02. The Morgan fingerprint density at radius 3 is 2.28 bits per heavy atom. The summed E-state index contributed by atoms with van der Waals surface area (Å²) in [7, 11) is 0. The van der Waals surface area contributed by atoms with Crippen LogP contribution in [0.4, 0.5) is 0 Å². The fourth-order valence-corrected chi connectivity index (χ4v) is 3.46. The summed E-state index contributed by atoms with van der Waals surface area (Å²) in [6, 6.07) is 8.89. The van der Waals surface area contributed by atoms with E-state index in [1.807, 2.05) is 24.3 Å². The highest BCUT2D eigenvalue weighted by Crippen LogP contribution is 2.38. The SMILES string of the molecule is Cc1cc(O)c(-c2c(-c3ccc(C(C)C)cc3)[nH]c3[nH]c(=O)[nH]c(=O)c23)c(=O)o1. The Kier molecular flexibility index (Phi) is 4.26. The molecule has 0 radical (unpaired) electrons. The van der Waals surface area contributed by atoms with Crippen LogP contribution in [0.25, 0.3) is 33.4 Å². The molecule has 0 atom stereocenters. The first-order chi connectivity index (χ1) is 13.8. The van der Waals surface area contributed by atoms with E-state index < -0.39 is 16.9 Å². The van der Waals surface area contributed by atoms with E-state index in [0.717, 1.165) is 5.56 Å². The van der Waals surface area contributed by atoms with Crippen molar-refractivity contribution < 1.29 is 9.52 Å². The van der Waals surface area contributed by atoms with Gasteiger partial charge in [-0.25, -0.2) is 9.59 Å². The molecular weight excluding hydrogens is 374 g/mol. The molecule has 8 nitrogen and oxygen atoms in total. The van der Waals surface area contributed by atoms with E-state index in [0.29, 0.717) is 17.2 Å². The Morgan fingerprint density at radius 1 is 0.966 bits per heavy atom. The van der Waals surface area contributed by atoms with Crippen LogP contribution in [-0.4, -0.2) is 20.1 Å². The Balaban J connectivity index is 2.12. The number of nitrogens with one attached hydrogen (secondary N) is 3. The number of rotatable bonds is 3. The van der Waals surface area contributed by atoms with Crippen LogP contribution >= 0.6 is 0 Å². The van der Waals surface area contributed by atoms with Crippen LogP contribution in [0.3, 0.4) is 0 Å². The third-order valence-corrected chi connectivity index (χ3v) is 4.86. The molecule has 0 unspecified atom stereocenters. The van der Waals surface area contributed by atoms with Crippen LogP contribution in [0, 0.1) is 6.92 Å². The van der Waals surface area contributed by atoms with Gasteiger partial charge in [-0.1, -0.05) is 38.1 Å². The maximum Gasteiger partial charge on any atom is 0.347 e. The monoisotopic (exact) mass is 393 g/mol. The van der Waals surface area contributed by atoms with E-state index >= 15 is 0 Å². The largest absolute Gasteiger partial charge is 0.507 e. The fourth-order valence-electron chi connectivity index (χ4n) is 3.46. The molecule has 0 aliphatic carbocycles. The van der Waals surface area contributed by atoms with Gasteiger partial charge in [0.1, 0.15) is 22.7 Å². The summed E-state index contributed by atoms with van der Waals surface area (Å²) < 4.78 is 5.15. The average Bonchev–Trinajstić information content (AvgIpc) is 3.00. The highest BCUT2D eigenvalue weighted by atomic mass is 16.4. The highest BCUT2D eigenvalue weighted by Gasteiger charge is 2.24. The number of aromatic amines is 3. The zero-order valence-electron chi connectivity index (χ0n) is 16.0. The van der Waals surface area contributed by atoms with Gasteiger partial charge in [-0.3, -0.25) is 14.8 Å². The van der Waals surface area contributed by atoms with E-state index in [1.165, 1.54) is 13.0 Å². The van der Waals surface area contributed by atoms with Crippen LogP contribution in [0.1, 0.15) is 31.1 Å². The molecule has 0 aliphatic rings. The minimum absolute atomic E-state index is 0.0546. The minimum Gasteiger partial charge on any atom is -0.507 e. The second-order valence-electron chi connectivity index (χ2n) is 7.21. The summed E-state index contributed by atoms with van der Waals surface area (Å²) in [5.41, 5.74) is 0.231. The van der Waals surface area contributed by atoms with Gasteiger partial charge >= 0.3 is 11.3 Å². The fraction of sp³-hybridized carbons (Fsp3) is 0.190. The van der Waals surface area contributed by atoms with Crippen LogP contribution < -0.4 is 16.9 Å². The zero-order valence-corrected chi connectivity index (χ0v) is 16.0. The Morgan fingerprint density at radius 2 is 1.66 bits per heavy atom. The molecule has 0 spiro atoms. The Hall–Kier alpha value is -3.81. The lowest BCUT2D eigenvalue weighted by Crippen LogP contribution is -2.21. The van der Waals surface area contributed by atoms with Crippen molar-refractivity contribution in [2.24, 2.45) is 0 Å². The van der Waals surface area contributed by atoms with Gasteiger partial charge in [0.2, 0.25) is 0 Å². The number of hydrogen-bond acceptors (Lipinski definition) is 5. The van der Waals surface area contributed by atoms with Gasteiger partial charge in [0.25, 0.3) is 5.56 Å². The molecule has 0 aliphatic heterocycles. The number of aryl methyl sites for hydroxylation is 1. The van der Waals surface area contributed by atoms with Crippen molar-refractivity contribution in [3.63, 3.8) is 0 Å². The van der Waals surface area contributed by atoms with Crippen LogP contribution in [-0.2, 0) is 0 Å². The molecule has 4 N–H and O–H groups in total. The van der Waals surface area contributed by atoms with Crippen LogP contribution in [0.2, 0.25) is 0 Å². The summed E-state index contributed by atoms with van der Waals surface area (Å²) in [5.74, 6) is 0.255. The Bertz CT molecular complexity index is 1400. The first-order valence-corrected chi connectivity index (χ1v) is 9.09. The minimum atomic E-state index is -0.783. The van der Waals surface area contributed by atoms with Crippen molar-refractivity contribution in [1.29, 1.82) is 0 Å². The Labute approximate surface area is 163 Å². The predicted octanol–water partition coefficient (Wildman–Crippen LogP) is 2.97. The van der Waals surface area contributed by atoms with Crippen LogP contribution in [0.5, 0.6) is 5.75 Å². The molecule has 8 heteroatoms. The van der Waals surface area contributed by atoms with E-state index in [9.17, 15) is 19.5 Å². The number of fused-ring (bicyclic) bond motifs is 1. The molecule has 0 fully saturated rings. The average molecular weight is 393 g/mol. The number of aromatic hydroxyl groups is 1. The van der Waals surface area contributed by atoms with Gasteiger partial charge in [-0.2, -0.15) is 0 Å². The molecule has 4 aromatic rings. The smallest absolute Gasteiger partial charge is 0.347 e. The molecule has 148 valence electrons. The van der Waals surface area contributed by atoms with Crippen molar-refractivity contribution in [3.05, 3.63) is 72.9 Å². The summed E-state index contributed by atoms with van der Waals surface area (Å²) in [5, 5.41) is 10.5. The zero-order chi connectivity index (χ0) is 20.9. The molecule has 0 saturated carbocycles. The molecule has 0 bridgehead atoms. The molecule has 3 aromatic heterocycles. The standard InChI is InChI=1S/C21H19N3O5/c1-9(2)11-4-6-12(7-5-11)17-15(14-13(25)8-10(3)29-20(14)27)16-18(22-17)23-21(28)24-19(16)26/h4-9,25H,1-3H3,(H3,22,23,24,26,28). The van der Waals surface area contributed by atoms with Crippen LogP contribution in [0.15, 0.2) is 49.1 Å². The molecule has 0 saturated heterocycles. The molecular formula is C21H19N3O5. The van der Waals surface area contributed by atoms with Gasteiger partial charge in [0.05, 0.1) is 11.1 Å². The van der Waals surface area contributed by atoms with E-state index in [1.54, 1.807) is 0 Å². The van der Waals surface area contributed by atoms with Crippen molar-refractivity contribution in [1.82, 2.24) is 15.0 Å².